The van der Waals surface area contributed by atoms with Crippen LogP contribution < -0.4 is 15.0 Å². The Bertz CT molecular complexity index is 591. The van der Waals surface area contributed by atoms with Crippen LogP contribution in [0.5, 0.6) is 5.75 Å². The number of ether oxygens (including phenoxy) is 1. The normalized spacial score (nSPS) is 14.2. The second-order valence-electron chi connectivity index (χ2n) is 5.42. The molecule has 21 heavy (non-hydrogen) atoms. The SMILES string of the molecule is COc1cccc(CNc2ccccc2N2CCCC2)c1. The molecule has 1 N–H and O–H groups in total. The summed E-state index contributed by atoms with van der Waals surface area (Å²) in [6, 6.07) is 16.8. The molecule has 0 radical (unpaired) electrons. The fourth-order valence-corrected chi connectivity index (χ4v) is 2.84. The highest BCUT2D eigenvalue weighted by atomic mass is 16.5. The Morgan fingerprint density at radius 1 is 1.05 bits per heavy atom. The van der Waals surface area contributed by atoms with Crippen molar-refractivity contribution in [2.45, 2.75) is 19.4 Å². The van der Waals surface area contributed by atoms with Crippen LogP contribution in [0.1, 0.15) is 18.4 Å². The summed E-state index contributed by atoms with van der Waals surface area (Å²) < 4.78 is 5.28. The van der Waals surface area contributed by atoms with Gasteiger partial charge in [0, 0.05) is 19.6 Å². The summed E-state index contributed by atoms with van der Waals surface area (Å²) in [5.41, 5.74) is 3.76. The summed E-state index contributed by atoms with van der Waals surface area (Å²) in [5, 5.41) is 3.56. The smallest absolute Gasteiger partial charge is 0.119 e. The Labute approximate surface area is 126 Å². The van der Waals surface area contributed by atoms with E-state index in [1.54, 1.807) is 7.11 Å². The second kappa shape index (κ2) is 6.53. The van der Waals surface area contributed by atoms with E-state index in [4.69, 9.17) is 4.74 Å². The van der Waals surface area contributed by atoms with Crippen molar-refractivity contribution in [1.29, 1.82) is 0 Å². The fraction of sp³-hybridized carbons (Fsp3) is 0.333. The standard InChI is InChI=1S/C18H22N2O/c1-21-16-8-6-7-15(13-16)14-19-17-9-2-3-10-18(17)20-11-4-5-12-20/h2-3,6-10,13,19H,4-5,11-12,14H2,1H3. The van der Waals surface area contributed by atoms with E-state index in [2.05, 4.69) is 46.6 Å². The number of nitrogens with zero attached hydrogens (tertiary/aromatic N) is 1. The molecule has 0 atom stereocenters. The number of methoxy groups -OCH3 is 1. The fourth-order valence-electron chi connectivity index (χ4n) is 2.84. The van der Waals surface area contributed by atoms with E-state index in [0.29, 0.717) is 0 Å². The molecule has 0 saturated carbocycles. The van der Waals surface area contributed by atoms with Crippen molar-refractivity contribution in [2.24, 2.45) is 0 Å². The van der Waals surface area contributed by atoms with Crippen molar-refractivity contribution < 1.29 is 4.74 Å². The van der Waals surface area contributed by atoms with Crippen LogP contribution in [-0.2, 0) is 6.54 Å². The van der Waals surface area contributed by atoms with Gasteiger partial charge in [0.15, 0.2) is 0 Å². The van der Waals surface area contributed by atoms with Crippen LogP contribution in [0.25, 0.3) is 0 Å². The summed E-state index contributed by atoms with van der Waals surface area (Å²) >= 11 is 0. The lowest BCUT2D eigenvalue weighted by Gasteiger charge is -2.22. The maximum Gasteiger partial charge on any atom is 0.119 e. The zero-order chi connectivity index (χ0) is 14.5. The molecule has 1 saturated heterocycles. The molecule has 2 aromatic rings. The van der Waals surface area contributed by atoms with Crippen molar-refractivity contribution in [3.63, 3.8) is 0 Å². The zero-order valence-electron chi connectivity index (χ0n) is 12.5. The summed E-state index contributed by atoms with van der Waals surface area (Å²) in [5.74, 6) is 0.905. The van der Waals surface area contributed by atoms with E-state index in [-0.39, 0.29) is 0 Å². The van der Waals surface area contributed by atoms with Gasteiger partial charge in [-0.1, -0.05) is 24.3 Å². The van der Waals surface area contributed by atoms with Crippen LogP contribution in [0.4, 0.5) is 11.4 Å². The number of benzene rings is 2. The third-order valence-electron chi connectivity index (χ3n) is 3.97. The van der Waals surface area contributed by atoms with Crippen LogP contribution in [0.3, 0.4) is 0 Å². The Balaban J connectivity index is 1.72. The molecule has 1 aliphatic rings. The Morgan fingerprint density at radius 2 is 1.86 bits per heavy atom. The predicted octanol–water partition coefficient (Wildman–Crippen LogP) is 3.91. The van der Waals surface area contributed by atoms with E-state index < -0.39 is 0 Å². The average Bonchev–Trinajstić information content (AvgIpc) is 3.08. The minimum Gasteiger partial charge on any atom is -0.497 e. The molecule has 2 aromatic carbocycles. The molecule has 0 aliphatic carbocycles. The van der Waals surface area contributed by atoms with Gasteiger partial charge in [-0.25, -0.2) is 0 Å². The van der Waals surface area contributed by atoms with Crippen molar-refractivity contribution >= 4 is 11.4 Å². The summed E-state index contributed by atoms with van der Waals surface area (Å²) in [6.07, 6.45) is 2.59. The first-order valence-corrected chi connectivity index (χ1v) is 7.57. The third-order valence-corrected chi connectivity index (χ3v) is 3.97. The lowest BCUT2D eigenvalue weighted by atomic mass is 10.2. The summed E-state index contributed by atoms with van der Waals surface area (Å²) in [7, 11) is 1.70. The maximum atomic E-state index is 5.28. The topological polar surface area (TPSA) is 24.5 Å². The van der Waals surface area contributed by atoms with Gasteiger partial charge >= 0.3 is 0 Å². The van der Waals surface area contributed by atoms with Crippen molar-refractivity contribution in [3.05, 3.63) is 54.1 Å². The van der Waals surface area contributed by atoms with Gasteiger partial charge in [-0.05, 0) is 42.7 Å². The first-order chi connectivity index (χ1) is 10.4. The minimum absolute atomic E-state index is 0.808. The van der Waals surface area contributed by atoms with Crippen LogP contribution in [0, 0.1) is 0 Å². The molecule has 1 aliphatic heterocycles. The van der Waals surface area contributed by atoms with Crippen molar-refractivity contribution in [2.75, 3.05) is 30.4 Å². The number of hydrogen-bond donors (Lipinski definition) is 1. The van der Waals surface area contributed by atoms with Crippen molar-refractivity contribution in [1.82, 2.24) is 0 Å². The van der Waals surface area contributed by atoms with Gasteiger partial charge < -0.3 is 15.0 Å². The molecule has 3 rings (SSSR count). The van der Waals surface area contributed by atoms with E-state index in [1.165, 1.54) is 29.8 Å². The highest BCUT2D eigenvalue weighted by Crippen LogP contribution is 2.29. The van der Waals surface area contributed by atoms with E-state index in [1.807, 2.05) is 12.1 Å². The predicted molar refractivity (Wildman–Crippen MR) is 88.2 cm³/mol. The monoisotopic (exact) mass is 282 g/mol. The van der Waals surface area contributed by atoms with E-state index >= 15 is 0 Å². The van der Waals surface area contributed by atoms with Gasteiger partial charge in [0.1, 0.15) is 5.75 Å². The van der Waals surface area contributed by atoms with Crippen molar-refractivity contribution in [3.8, 4) is 5.75 Å². The highest BCUT2D eigenvalue weighted by Gasteiger charge is 2.15. The maximum absolute atomic E-state index is 5.28. The van der Waals surface area contributed by atoms with Gasteiger partial charge in [0.25, 0.3) is 0 Å². The second-order valence-corrected chi connectivity index (χ2v) is 5.42. The zero-order valence-corrected chi connectivity index (χ0v) is 12.5. The van der Waals surface area contributed by atoms with Crippen LogP contribution in [0.15, 0.2) is 48.5 Å². The highest BCUT2D eigenvalue weighted by molar-refractivity contribution is 5.70. The van der Waals surface area contributed by atoms with E-state index in [9.17, 15) is 0 Å². The van der Waals surface area contributed by atoms with Gasteiger partial charge in [0.05, 0.1) is 18.5 Å². The molecule has 0 amide bonds. The number of rotatable bonds is 5. The average molecular weight is 282 g/mol. The van der Waals surface area contributed by atoms with Crippen LogP contribution >= 0.6 is 0 Å². The number of anilines is 2. The summed E-state index contributed by atoms with van der Waals surface area (Å²) in [6.45, 7) is 3.14. The molecule has 1 fully saturated rings. The summed E-state index contributed by atoms with van der Waals surface area (Å²) in [4.78, 5) is 2.47. The number of para-hydroxylation sites is 2. The molecule has 0 unspecified atom stereocenters. The Hall–Kier alpha value is -2.16. The molecular formula is C18H22N2O. The quantitative estimate of drug-likeness (QED) is 0.900. The Morgan fingerprint density at radius 3 is 2.67 bits per heavy atom. The van der Waals surface area contributed by atoms with Crippen LogP contribution in [-0.4, -0.2) is 20.2 Å². The number of nitrogens with one attached hydrogen (secondary N) is 1. The Kier molecular flexibility index (Phi) is 4.29. The molecule has 110 valence electrons. The lowest BCUT2D eigenvalue weighted by molar-refractivity contribution is 0.414. The van der Waals surface area contributed by atoms with E-state index in [0.717, 1.165) is 25.4 Å². The molecule has 3 nitrogen and oxygen atoms in total. The van der Waals surface area contributed by atoms with Crippen LogP contribution in [0.2, 0.25) is 0 Å². The lowest BCUT2D eigenvalue weighted by Crippen LogP contribution is -2.19. The first kappa shape index (κ1) is 13.8. The largest absolute Gasteiger partial charge is 0.497 e. The molecule has 1 heterocycles. The first-order valence-electron chi connectivity index (χ1n) is 7.57. The molecule has 3 heteroatoms. The minimum atomic E-state index is 0.808. The molecule has 0 bridgehead atoms. The molecular weight excluding hydrogens is 260 g/mol. The number of hydrogen-bond acceptors (Lipinski definition) is 3. The molecule has 0 spiro atoms. The van der Waals surface area contributed by atoms with Gasteiger partial charge in [-0.3, -0.25) is 0 Å². The van der Waals surface area contributed by atoms with Gasteiger partial charge in [-0.15, -0.1) is 0 Å². The molecule has 0 aromatic heterocycles. The van der Waals surface area contributed by atoms with Gasteiger partial charge in [-0.2, -0.15) is 0 Å². The van der Waals surface area contributed by atoms with Gasteiger partial charge in [0.2, 0.25) is 0 Å². The third kappa shape index (κ3) is 3.30.